The Morgan fingerprint density at radius 3 is 2.10 bits per heavy atom. The van der Waals surface area contributed by atoms with Crippen molar-refractivity contribution >= 4 is 16.5 Å². The smallest absolute Gasteiger partial charge is 0.329 e. The van der Waals surface area contributed by atoms with Crippen LogP contribution in [-0.2, 0) is 6.42 Å². The molecule has 0 radical (unpaired) electrons. The van der Waals surface area contributed by atoms with Crippen LogP contribution in [0, 0.1) is 11.3 Å². The first-order valence-electron chi connectivity index (χ1n) is 9.81. The van der Waals surface area contributed by atoms with E-state index in [1.807, 2.05) is 24.3 Å². The Hall–Kier alpha value is -3.82. The van der Waals surface area contributed by atoms with E-state index in [0.29, 0.717) is 16.4 Å². The summed E-state index contributed by atoms with van der Waals surface area (Å²) in [6, 6.07) is 25.4. The second kappa shape index (κ2) is 9.33. The molecule has 0 bridgehead atoms. The first-order chi connectivity index (χ1) is 15.1. The summed E-state index contributed by atoms with van der Waals surface area (Å²) in [6.45, 7) is 0. The number of aromatic nitrogens is 1. The lowest BCUT2D eigenvalue weighted by Crippen LogP contribution is -2.17. The summed E-state index contributed by atoms with van der Waals surface area (Å²) in [5.41, 5.74) is 10.0. The van der Waals surface area contributed by atoms with Gasteiger partial charge < -0.3 is 9.47 Å². The van der Waals surface area contributed by atoms with Gasteiger partial charge in [0.15, 0.2) is 0 Å². The number of H-pyrrole nitrogens is 1. The van der Waals surface area contributed by atoms with Crippen LogP contribution in [0.3, 0.4) is 0 Å². The monoisotopic (exact) mass is 428 g/mol. The summed E-state index contributed by atoms with van der Waals surface area (Å²) in [5, 5.41) is 11.7. The van der Waals surface area contributed by atoms with Gasteiger partial charge in [-0.1, -0.05) is 35.6 Å². The van der Waals surface area contributed by atoms with Gasteiger partial charge in [0.1, 0.15) is 22.9 Å². The molecule has 0 spiro atoms. The number of aromatic amines is 1. The molecule has 3 N–H and O–H groups in total. The van der Waals surface area contributed by atoms with Gasteiger partial charge in [-0.15, -0.1) is 0 Å². The summed E-state index contributed by atoms with van der Waals surface area (Å²) in [5.74, 6) is 2.41. The highest BCUT2D eigenvalue weighted by Crippen LogP contribution is 2.31. The van der Waals surface area contributed by atoms with E-state index < -0.39 is 0 Å². The van der Waals surface area contributed by atoms with Crippen LogP contribution >= 0.6 is 11.3 Å². The third kappa shape index (κ3) is 5.03. The van der Waals surface area contributed by atoms with Crippen LogP contribution in [0.1, 0.15) is 28.3 Å². The standard InChI is InChI=1S/C25H21N3O2S/c1-29-20-8-2-17(3-9-20)14-23(24-16-31-25(27)28-24)19-6-12-22(13-7-19)30-21-10-4-18(15-26)5-11-21/h2-13,16,23H,14H2,1H3,(H2,27,28)/p+1. The van der Waals surface area contributed by atoms with Crippen molar-refractivity contribution in [1.29, 1.82) is 5.26 Å². The number of nitrogens with two attached hydrogens (primary N) is 1. The Bertz CT molecular complexity index is 1180. The molecule has 1 heterocycles. The minimum Gasteiger partial charge on any atom is -0.497 e. The van der Waals surface area contributed by atoms with Gasteiger partial charge >= 0.3 is 5.13 Å². The van der Waals surface area contributed by atoms with Crippen LogP contribution < -0.4 is 20.2 Å². The van der Waals surface area contributed by atoms with Gasteiger partial charge in [0.2, 0.25) is 0 Å². The van der Waals surface area contributed by atoms with E-state index in [9.17, 15) is 0 Å². The molecule has 1 unspecified atom stereocenters. The van der Waals surface area contributed by atoms with Gasteiger partial charge in [-0.05, 0) is 66.1 Å². The maximum absolute atomic E-state index is 8.92. The Kier molecular flexibility index (Phi) is 6.16. The topological polar surface area (TPSA) is 82.4 Å². The van der Waals surface area contributed by atoms with E-state index in [1.165, 1.54) is 16.9 Å². The lowest BCUT2D eigenvalue weighted by atomic mass is 9.89. The van der Waals surface area contributed by atoms with Crippen molar-refractivity contribution in [2.24, 2.45) is 0 Å². The molecule has 0 saturated heterocycles. The number of thiazole rings is 1. The lowest BCUT2D eigenvalue weighted by Gasteiger charge is -2.15. The molecule has 0 aliphatic rings. The normalized spacial score (nSPS) is 11.5. The minimum atomic E-state index is 0.130. The van der Waals surface area contributed by atoms with Gasteiger partial charge in [0.25, 0.3) is 0 Å². The third-order valence-electron chi connectivity index (χ3n) is 5.06. The molecule has 5 nitrogen and oxygen atoms in total. The fraction of sp³-hybridized carbons (Fsp3) is 0.120. The molecule has 3 aromatic carbocycles. The Balaban J connectivity index is 1.56. The number of nitrogen functional groups attached to an aromatic ring is 1. The molecule has 154 valence electrons. The number of benzene rings is 3. The molecule has 0 aliphatic carbocycles. The van der Waals surface area contributed by atoms with E-state index in [-0.39, 0.29) is 5.92 Å². The first-order valence-corrected chi connectivity index (χ1v) is 10.7. The molecular formula is C25H22N3O2S+. The second-order valence-electron chi connectivity index (χ2n) is 7.09. The van der Waals surface area contributed by atoms with Gasteiger partial charge in [0.05, 0.1) is 24.7 Å². The SMILES string of the molecule is COc1ccc(CC(c2ccc(Oc3ccc(C#N)cc3)cc2)c2csc(N)[nH+]2)cc1. The molecule has 0 aliphatic heterocycles. The molecule has 0 amide bonds. The highest BCUT2D eigenvalue weighted by Gasteiger charge is 2.20. The number of hydrogen-bond acceptors (Lipinski definition) is 5. The van der Waals surface area contributed by atoms with Crippen LogP contribution in [0.5, 0.6) is 17.2 Å². The van der Waals surface area contributed by atoms with Gasteiger partial charge in [-0.3, -0.25) is 5.73 Å². The molecule has 4 aromatic rings. The van der Waals surface area contributed by atoms with E-state index in [0.717, 1.165) is 29.2 Å². The maximum atomic E-state index is 8.92. The van der Waals surface area contributed by atoms with E-state index in [1.54, 1.807) is 31.4 Å². The third-order valence-corrected chi connectivity index (χ3v) is 5.78. The van der Waals surface area contributed by atoms with Crippen molar-refractivity contribution in [3.8, 4) is 23.3 Å². The van der Waals surface area contributed by atoms with Crippen molar-refractivity contribution in [2.75, 3.05) is 12.8 Å². The molecule has 6 heteroatoms. The molecular weight excluding hydrogens is 406 g/mol. The van der Waals surface area contributed by atoms with Gasteiger partial charge in [-0.2, -0.15) is 5.26 Å². The van der Waals surface area contributed by atoms with Crippen molar-refractivity contribution in [2.45, 2.75) is 12.3 Å². The lowest BCUT2D eigenvalue weighted by molar-refractivity contribution is -0.368. The Morgan fingerprint density at radius 2 is 1.55 bits per heavy atom. The zero-order valence-corrected chi connectivity index (χ0v) is 17.9. The highest BCUT2D eigenvalue weighted by atomic mass is 32.1. The average Bonchev–Trinajstić information content (AvgIpc) is 3.25. The fourth-order valence-corrected chi connectivity index (χ4v) is 4.06. The van der Waals surface area contributed by atoms with Crippen molar-refractivity contribution in [3.63, 3.8) is 0 Å². The van der Waals surface area contributed by atoms with Crippen LogP contribution in [0.4, 0.5) is 5.13 Å². The zero-order chi connectivity index (χ0) is 21.6. The molecule has 0 saturated carbocycles. The number of nitrogens with one attached hydrogen (secondary N) is 1. The molecule has 1 atom stereocenters. The summed E-state index contributed by atoms with van der Waals surface area (Å²) in [7, 11) is 1.67. The van der Waals surface area contributed by atoms with Crippen molar-refractivity contribution < 1.29 is 14.5 Å². The van der Waals surface area contributed by atoms with Crippen LogP contribution in [0.25, 0.3) is 0 Å². The number of nitrogens with zero attached hydrogens (tertiary/aromatic N) is 1. The molecule has 31 heavy (non-hydrogen) atoms. The second-order valence-corrected chi connectivity index (χ2v) is 8.00. The van der Waals surface area contributed by atoms with Crippen LogP contribution in [0.2, 0.25) is 0 Å². The van der Waals surface area contributed by atoms with E-state index in [4.69, 9.17) is 20.5 Å². The summed E-state index contributed by atoms with van der Waals surface area (Å²) in [4.78, 5) is 3.30. The number of rotatable bonds is 7. The van der Waals surface area contributed by atoms with Crippen molar-refractivity contribution in [3.05, 3.63) is 101 Å². The Morgan fingerprint density at radius 1 is 0.935 bits per heavy atom. The number of ether oxygens (including phenoxy) is 2. The number of nitriles is 1. The van der Waals surface area contributed by atoms with Crippen molar-refractivity contribution in [1.82, 2.24) is 0 Å². The van der Waals surface area contributed by atoms with Gasteiger partial charge in [-0.25, -0.2) is 4.98 Å². The summed E-state index contributed by atoms with van der Waals surface area (Å²) >= 11 is 1.51. The van der Waals surface area contributed by atoms with Crippen LogP contribution in [0.15, 0.2) is 78.2 Å². The maximum Gasteiger partial charge on any atom is 0.329 e. The average molecular weight is 429 g/mol. The molecule has 4 rings (SSSR count). The first kappa shape index (κ1) is 20.5. The molecule has 0 fully saturated rings. The van der Waals surface area contributed by atoms with E-state index in [2.05, 4.69) is 40.7 Å². The Labute approximate surface area is 185 Å². The number of hydrogen-bond donors (Lipinski definition) is 1. The van der Waals surface area contributed by atoms with Crippen LogP contribution in [-0.4, -0.2) is 7.11 Å². The number of methoxy groups -OCH3 is 1. The quantitative estimate of drug-likeness (QED) is 0.439. The predicted octanol–water partition coefficient (Wildman–Crippen LogP) is 5.19. The molecule has 1 aromatic heterocycles. The minimum absolute atomic E-state index is 0.130. The fourth-order valence-electron chi connectivity index (χ4n) is 3.40. The predicted molar refractivity (Wildman–Crippen MR) is 122 cm³/mol. The highest BCUT2D eigenvalue weighted by molar-refractivity contribution is 7.13. The van der Waals surface area contributed by atoms with E-state index >= 15 is 0 Å². The largest absolute Gasteiger partial charge is 0.497 e. The number of anilines is 1. The summed E-state index contributed by atoms with van der Waals surface area (Å²) in [6.07, 6.45) is 0.826. The zero-order valence-electron chi connectivity index (χ0n) is 17.0. The van der Waals surface area contributed by atoms with Gasteiger partial charge in [0, 0.05) is 5.38 Å². The summed E-state index contributed by atoms with van der Waals surface area (Å²) < 4.78 is 11.2.